The van der Waals surface area contributed by atoms with E-state index in [1.807, 2.05) is 0 Å². The number of non-ortho nitro benzene ring substituents is 1. The van der Waals surface area contributed by atoms with Crippen molar-refractivity contribution in [3.05, 3.63) is 67.9 Å². The summed E-state index contributed by atoms with van der Waals surface area (Å²) in [6, 6.07) is 9.49. The number of nitro benzene ring substituents is 1. The van der Waals surface area contributed by atoms with Crippen LogP contribution in [0.4, 0.5) is 5.69 Å². The minimum atomic E-state index is -0.446. The molecule has 8 nitrogen and oxygen atoms in total. The van der Waals surface area contributed by atoms with Crippen LogP contribution < -0.4 is 4.74 Å². The van der Waals surface area contributed by atoms with Crippen molar-refractivity contribution in [3.8, 4) is 5.75 Å². The first kappa shape index (κ1) is 17.8. The van der Waals surface area contributed by atoms with Crippen molar-refractivity contribution < 1.29 is 9.66 Å². The third kappa shape index (κ3) is 3.61. The van der Waals surface area contributed by atoms with Crippen molar-refractivity contribution in [1.29, 1.82) is 0 Å². The summed E-state index contributed by atoms with van der Waals surface area (Å²) in [6.45, 7) is 0.0861. The molecule has 1 aliphatic rings. The number of hydrogen-bond acceptors (Lipinski definition) is 7. The zero-order chi connectivity index (χ0) is 19.0. The van der Waals surface area contributed by atoms with Crippen LogP contribution >= 0.6 is 35.0 Å². The summed E-state index contributed by atoms with van der Waals surface area (Å²) < 4.78 is 7.21. The summed E-state index contributed by atoms with van der Waals surface area (Å²) in [7, 11) is 0. The van der Waals surface area contributed by atoms with E-state index in [1.165, 1.54) is 34.8 Å². The van der Waals surface area contributed by atoms with E-state index in [-0.39, 0.29) is 12.3 Å². The third-order valence-corrected chi connectivity index (χ3v) is 5.20. The number of aromatic nitrogens is 3. The maximum Gasteiger partial charge on any atom is 0.270 e. The number of benzene rings is 2. The first-order valence-electron chi connectivity index (χ1n) is 7.54. The lowest BCUT2D eigenvalue weighted by Crippen LogP contribution is -2.04. The van der Waals surface area contributed by atoms with Gasteiger partial charge in [-0.1, -0.05) is 23.2 Å². The summed E-state index contributed by atoms with van der Waals surface area (Å²) in [4.78, 5) is 11.3. The lowest BCUT2D eigenvalue weighted by Gasteiger charge is -2.07. The molecule has 4 rings (SSSR count). The van der Waals surface area contributed by atoms with Gasteiger partial charge in [0.1, 0.15) is 12.4 Å². The van der Waals surface area contributed by atoms with E-state index in [1.54, 1.807) is 24.3 Å². The average Bonchev–Trinajstić information content (AvgIpc) is 2.91. The molecule has 0 amide bonds. The van der Waals surface area contributed by atoms with E-state index in [2.05, 4.69) is 15.3 Å². The summed E-state index contributed by atoms with van der Waals surface area (Å²) in [6.07, 6.45) is 1.54. The molecule has 11 heteroatoms. The molecule has 0 spiro atoms. The Balaban J connectivity index is 1.59. The monoisotopic (exact) mass is 421 g/mol. The van der Waals surface area contributed by atoms with Gasteiger partial charge in [0.2, 0.25) is 5.16 Å². The summed E-state index contributed by atoms with van der Waals surface area (Å²) in [5.41, 5.74) is 0.631. The van der Waals surface area contributed by atoms with Gasteiger partial charge in [-0.3, -0.25) is 10.1 Å². The van der Waals surface area contributed by atoms with Gasteiger partial charge in [-0.05, 0) is 36.0 Å². The summed E-state index contributed by atoms with van der Waals surface area (Å²) >= 11 is 13.3. The molecule has 136 valence electrons. The Bertz CT molecular complexity index is 1090. The molecular weight excluding hydrogens is 413 g/mol. The Hall–Kier alpha value is -2.62. The molecule has 2 heterocycles. The SMILES string of the molecule is O=[N+]([O-])c1ccc2c(c1)C=Nn1c(COc3ccc(Cl)cc3Cl)nnc1S2. The highest BCUT2D eigenvalue weighted by molar-refractivity contribution is 7.99. The first-order chi connectivity index (χ1) is 13.0. The van der Waals surface area contributed by atoms with E-state index < -0.39 is 4.92 Å². The summed E-state index contributed by atoms with van der Waals surface area (Å²) in [5.74, 6) is 0.921. The minimum absolute atomic E-state index is 0.000553. The molecule has 0 fully saturated rings. The number of rotatable bonds is 4. The molecule has 0 N–H and O–H groups in total. The normalized spacial score (nSPS) is 12.2. The Kier molecular flexibility index (Phi) is 4.73. The fourth-order valence-corrected chi connectivity index (χ4v) is 3.71. The van der Waals surface area contributed by atoms with E-state index in [0.717, 1.165) is 4.90 Å². The van der Waals surface area contributed by atoms with Crippen LogP contribution in [-0.2, 0) is 6.61 Å². The van der Waals surface area contributed by atoms with Gasteiger partial charge in [0, 0.05) is 27.6 Å². The molecular formula is C16H9Cl2N5O3S. The lowest BCUT2D eigenvalue weighted by molar-refractivity contribution is -0.384. The molecule has 2 aromatic carbocycles. The smallest absolute Gasteiger partial charge is 0.270 e. The standard InChI is InChI=1S/C16H9Cl2N5O3S/c17-10-1-3-13(12(18)6-10)26-8-15-20-21-16-22(15)19-7-9-5-11(23(24)25)2-4-14(9)27-16/h1-7H,8H2. The fourth-order valence-electron chi connectivity index (χ4n) is 2.36. The predicted octanol–water partition coefficient (Wildman–Crippen LogP) is 4.42. The predicted molar refractivity (Wildman–Crippen MR) is 101 cm³/mol. The number of halogens is 2. The maximum absolute atomic E-state index is 11.0. The van der Waals surface area contributed by atoms with Gasteiger partial charge in [0.05, 0.1) is 16.2 Å². The van der Waals surface area contributed by atoms with Gasteiger partial charge in [-0.25, -0.2) is 0 Å². The van der Waals surface area contributed by atoms with Gasteiger partial charge >= 0.3 is 0 Å². The number of nitro groups is 1. The molecule has 0 radical (unpaired) electrons. The van der Waals surface area contributed by atoms with Crippen LogP contribution in [0.25, 0.3) is 0 Å². The zero-order valence-electron chi connectivity index (χ0n) is 13.4. The second-order valence-electron chi connectivity index (χ2n) is 5.40. The second kappa shape index (κ2) is 7.18. The van der Waals surface area contributed by atoms with E-state index in [0.29, 0.717) is 32.3 Å². The highest BCUT2D eigenvalue weighted by atomic mass is 35.5. The topological polar surface area (TPSA) is 95.4 Å². The summed E-state index contributed by atoms with van der Waals surface area (Å²) in [5, 5.41) is 24.9. The van der Waals surface area contributed by atoms with Crippen LogP contribution in [0.15, 0.2) is 51.6 Å². The van der Waals surface area contributed by atoms with E-state index in [9.17, 15) is 10.1 Å². The van der Waals surface area contributed by atoms with Crippen LogP contribution in [0.1, 0.15) is 11.4 Å². The molecule has 1 aromatic heterocycles. The molecule has 0 aliphatic carbocycles. The van der Waals surface area contributed by atoms with Gasteiger partial charge in [-0.15, -0.1) is 10.2 Å². The van der Waals surface area contributed by atoms with Crippen molar-refractivity contribution in [2.45, 2.75) is 16.7 Å². The lowest BCUT2D eigenvalue weighted by atomic mass is 10.2. The molecule has 0 saturated heterocycles. The molecule has 0 unspecified atom stereocenters. The van der Waals surface area contributed by atoms with E-state index in [4.69, 9.17) is 27.9 Å². The van der Waals surface area contributed by atoms with Crippen molar-refractivity contribution in [2.75, 3.05) is 0 Å². The molecule has 0 saturated carbocycles. The van der Waals surface area contributed by atoms with Crippen molar-refractivity contribution in [3.63, 3.8) is 0 Å². The molecule has 0 bridgehead atoms. The van der Waals surface area contributed by atoms with Crippen LogP contribution in [0.5, 0.6) is 5.75 Å². The fraction of sp³-hybridized carbons (Fsp3) is 0.0625. The van der Waals surface area contributed by atoms with Crippen LogP contribution in [0.2, 0.25) is 10.0 Å². The van der Waals surface area contributed by atoms with Gasteiger partial charge in [-0.2, -0.15) is 9.78 Å². The number of nitrogens with zero attached hydrogens (tertiary/aromatic N) is 5. The third-order valence-electron chi connectivity index (χ3n) is 3.65. The minimum Gasteiger partial charge on any atom is -0.484 e. The Morgan fingerprint density at radius 1 is 1.19 bits per heavy atom. The van der Waals surface area contributed by atoms with Crippen molar-refractivity contribution >= 4 is 46.9 Å². The Morgan fingerprint density at radius 2 is 2.04 bits per heavy atom. The Labute approximate surface area is 166 Å². The van der Waals surface area contributed by atoms with Crippen LogP contribution in [-0.4, -0.2) is 26.0 Å². The number of hydrogen-bond donors (Lipinski definition) is 0. The van der Waals surface area contributed by atoms with Crippen molar-refractivity contribution in [2.24, 2.45) is 5.10 Å². The molecule has 0 atom stereocenters. The molecule has 27 heavy (non-hydrogen) atoms. The second-order valence-corrected chi connectivity index (χ2v) is 7.25. The maximum atomic E-state index is 11.0. The Morgan fingerprint density at radius 3 is 2.81 bits per heavy atom. The number of ether oxygens (including phenoxy) is 1. The highest BCUT2D eigenvalue weighted by Crippen LogP contribution is 2.33. The number of fused-ring (bicyclic) bond motifs is 2. The van der Waals surface area contributed by atoms with Gasteiger partial charge in [0.15, 0.2) is 5.82 Å². The largest absolute Gasteiger partial charge is 0.484 e. The van der Waals surface area contributed by atoms with Crippen LogP contribution in [0, 0.1) is 10.1 Å². The van der Waals surface area contributed by atoms with Gasteiger partial charge < -0.3 is 4.74 Å². The quantitative estimate of drug-likeness (QED) is 0.357. The molecule has 3 aromatic rings. The molecule has 1 aliphatic heterocycles. The highest BCUT2D eigenvalue weighted by Gasteiger charge is 2.20. The average molecular weight is 422 g/mol. The van der Waals surface area contributed by atoms with Crippen LogP contribution in [0.3, 0.4) is 0 Å². The van der Waals surface area contributed by atoms with Gasteiger partial charge in [0.25, 0.3) is 5.69 Å². The zero-order valence-corrected chi connectivity index (χ0v) is 15.7. The van der Waals surface area contributed by atoms with Crippen molar-refractivity contribution in [1.82, 2.24) is 14.9 Å². The van der Waals surface area contributed by atoms with E-state index >= 15 is 0 Å². The first-order valence-corrected chi connectivity index (χ1v) is 9.11.